The number of primary amides is 1. The molecule has 1 amide bonds. The highest BCUT2D eigenvalue weighted by Crippen LogP contribution is 2.16. The number of aromatic amines is 1. The van der Waals surface area contributed by atoms with Crippen LogP contribution in [-0.4, -0.2) is 34.7 Å². The van der Waals surface area contributed by atoms with Gasteiger partial charge in [0.1, 0.15) is 17.0 Å². The van der Waals surface area contributed by atoms with Gasteiger partial charge in [-0.2, -0.15) is 0 Å². The average molecular weight is 285 g/mol. The number of nitrogens with zero attached hydrogens (tertiary/aromatic N) is 1. The van der Waals surface area contributed by atoms with Crippen LogP contribution in [0.4, 0.5) is 11.5 Å². The topological polar surface area (TPSA) is 145 Å². The van der Waals surface area contributed by atoms with Crippen LogP contribution in [0.2, 0.25) is 0 Å². The quantitative estimate of drug-likeness (QED) is 0.497. The van der Waals surface area contributed by atoms with Gasteiger partial charge < -0.3 is 21.5 Å². The highest BCUT2D eigenvalue weighted by molar-refractivity contribution is 5.87. The van der Waals surface area contributed by atoms with Crippen LogP contribution in [0.5, 0.6) is 0 Å². The normalized spacial score (nSPS) is 11.3. The summed E-state index contributed by atoms with van der Waals surface area (Å²) in [5.74, 6) is -0.740. The molecule has 1 rings (SSSR count). The number of amides is 1. The molecule has 0 aliphatic rings. The van der Waals surface area contributed by atoms with E-state index in [-0.39, 0.29) is 24.7 Å². The van der Waals surface area contributed by atoms with Crippen LogP contribution in [0, 0.1) is 0 Å². The van der Waals surface area contributed by atoms with Crippen LogP contribution < -0.4 is 28.0 Å². The third-order valence-electron chi connectivity index (χ3n) is 2.81. The first-order valence-electron chi connectivity index (χ1n) is 5.90. The van der Waals surface area contributed by atoms with Gasteiger partial charge in [-0.1, -0.05) is 0 Å². The van der Waals surface area contributed by atoms with Gasteiger partial charge in [-0.25, -0.2) is 4.79 Å². The molecule has 9 heteroatoms. The number of aromatic nitrogens is 2. The molecule has 0 radical (unpaired) electrons. The van der Waals surface area contributed by atoms with Crippen molar-refractivity contribution in [3.8, 4) is 0 Å². The summed E-state index contributed by atoms with van der Waals surface area (Å²) in [6.07, 6.45) is 0. The van der Waals surface area contributed by atoms with Crippen molar-refractivity contribution in [3.05, 3.63) is 20.8 Å². The summed E-state index contributed by atoms with van der Waals surface area (Å²) in [6, 6.07) is 0. The highest BCUT2D eigenvalue weighted by Gasteiger charge is 2.27. The Kier molecular flexibility index (Phi) is 4.56. The van der Waals surface area contributed by atoms with Gasteiger partial charge in [-0.3, -0.25) is 19.1 Å². The predicted molar refractivity (Wildman–Crippen MR) is 74.5 cm³/mol. The first-order valence-corrected chi connectivity index (χ1v) is 5.90. The number of rotatable bonds is 6. The molecule has 0 fully saturated rings. The van der Waals surface area contributed by atoms with Gasteiger partial charge in [0.15, 0.2) is 0 Å². The van der Waals surface area contributed by atoms with Gasteiger partial charge in [-0.15, -0.1) is 0 Å². The zero-order chi connectivity index (χ0) is 15.5. The number of hydrogen-bond donors (Lipinski definition) is 4. The highest BCUT2D eigenvalue weighted by atomic mass is 16.5. The molecule has 0 spiro atoms. The Morgan fingerprint density at radius 1 is 1.45 bits per heavy atom. The molecule has 0 unspecified atom stereocenters. The minimum atomic E-state index is -1.19. The lowest BCUT2D eigenvalue weighted by Gasteiger charge is -2.24. The largest absolute Gasteiger partial charge is 0.383 e. The molecule has 0 saturated carbocycles. The second-order valence-corrected chi connectivity index (χ2v) is 4.78. The second-order valence-electron chi connectivity index (χ2n) is 4.78. The Hall–Kier alpha value is -2.29. The molecule has 9 nitrogen and oxygen atoms in total. The van der Waals surface area contributed by atoms with Gasteiger partial charge in [-0.05, 0) is 13.8 Å². The van der Waals surface area contributed by atoms with Crippen LogP contribution >= 0.6 is 0 Å². The summed E-state index contributed by atoms with van der Waals surface area (Å²) < 4.78 is 6.01. The van der Waals surface area contributed by atoms with E-state index < -0.39 is 22.7 Å². The van der Waals surface area contributed by atoms with Crippen molar-refractivity contribution >= 4 is 17.4 Å². The van der Waals surface area contributed by atoms with E-state index in [1.165, 1.54) is 21.0 Å². The second kappa shape index (κ2) is 5.78. The summed E-state index contributed by atoms with van der Waals surface area (Å²) in [4.78, 5) is 36.9. The lowest BCUT2D eigenvalue weighted by Crippen LogP contribution is -2.47. The van der Waals surface area contributed by atoms with Crippen molar-refractivity contribution in [1.29, 1.82) is 0 Å². The monoisotopic (exact) mass is 285 g/mol. The summed E-state index contributed by atoms with van der Waals surface area (Å²) in [6.45, 7) is 3.41. The fourth-order valence-corrected chi connectivity index (χ4v) is 1.49. The van der Waals surface area contributed by atoms with E-state index in [1.807, 2.05) is 0 Å². The molecular formula is C11H19N5O4. The van der Waals surface area contributed by atoms with E-state index in [0.717, 1.165) is 4.57 Å². The van der Waals surface area contributed by atoms with Crippen molar-refractivity contribution < 1.29 is 9.53 Å². The molecule has 0 aliphatic heterocycles. The Morgan fingerprint density at radius 2 is 2.05 bits per heavy atom. The van der Waals surface area contributed by atoms with Crippen LogP contribution in [-0.2, 0) is 16.1 Å². The summed E-state index contributed by atoms with van der Waals surface area (Å²) >= 11 is 0. The number of carbonyl (C=O) groups is 1. The van der Waals surface area contributed by atoms with Crippen molar-refractivity contribution in [2.45, 2.75) is 25.9 Å². The third kappa shape index (κ3) is 3.18. The fraction of sp³-hybridized carbons (Fsp3) is 0.545. The van der Waals surface area contributed by atoms with Crippen molar-refractivity contribution in [2.75, 3.05) is 24.8 Å². The Labute approximate surface area is 114 Å². The minimum absolute atomic E-state index is 0.0786. The van der Waals surface area contributed by atoms with Gasteiger partial charge in [0, 0.05) is 7.11 Å². The number of methoxy groups -OCH3 is 1. The molecule has 0 atom stereocenters. The molecule has 0 bridgehead atoms. The third-order valence-corrected chi connectivity index (χ3v) is 2.81. The van der Waals surface area contributed by atoms with Gasteiger partial charge in [0.05, 0.1) is 13.2 Å². The molecule has 6 N–H and O–H groups in total. The number of nitrogens with one attached hydrogen (secondary N) is 2. The zero-order valence-electron chi connectivity index (χ0n) is 11.6. The molecule has 20 heavy (non-hydrogen) atoms. The predicted octanol–water partition coefficient (Wildman–Crippen LogP) is -1.56. The zero-order valence-corrected chi connectivity index (χ0v) is 11.6. The number of anilines is 2. The number of nitrogen functional groups attached to an aromatic ring is 1. The smallest absolute Gasteiger partial charge is 0.330 e. The van der Waals surface area contributed by atoms with Gasteiger partial charge >= 0.3 is 5.69 Å². The van der Waals surface area contributed by atoms with E-state index in [0.29, 0.717) is 0 Å². The fourth-order valence-electron chi connectivity index (χ4n) is 1.49. The number of nitrogens with two attached hydrogens (primary N) is 2. The first kappa shape index (κ1) is 15.8. The average Bonchev–Trinajstić information content (AvgIpc) is 2.34. The van der Waals surface area contributed by atoms with Crippen molar-refractivity contribution in [1.82, 2.24) is 9.55 Å². The summed E-state index contributed by atoms with van der Waals surface area (Å²) in [5.41, 5.74) is 8.40. The Bertz CT molecular complexity index is 616. The maximum atomic E-state index is 11.8. The SMILES string of the molecule is COCCn1c(N)c(NC(C)(C)C(N)=O)c(=O)[nH]c1=O. The Morgan fingerprint density at radius 3 is 2.55 bits per heavy atom. The van der Waals surface area contributed by atoms with Crippen LogP contribution in [0.3, 0.4) is 0 Å². The molecule has 112 valence electrons. The van der Waals surface area contributed by atoms with E-state index in [4.69, 9.17) is 16.2 Å². The molecule has 1 aromatic heterocycles. The van der Waals surface area contributed by atoms with Gasteiger partial charge in [0.25, 0.3) is 5.56 Å². The van der Waals surface area contributed by atoms with E-state index >= 15 is 0 Å². The standard InChI is InChI=1S/C11H19N5O4/c1-11(2,9(13)18)15-6-7(12)16(4-5-20-3)10(19)14-8(6)17/h15H,4-5,12H2,1-3H3,(H2,13,18)(H,14,17,19). The summed E-state index contributed by atoms with van der Waals surface area (Å²) in [7, 11) is 1.47. The molecular weight excluding hydrogens is 266 g/mol. The van der Waals surface area contributed by atoms with Gasteiger partial charge in [0.2, 0.25) is 5.91 Å². The lowest BCUT2D eigenvalue weighted by atomic mass is 10.1. The molecule has 1 aromatic rings. The van der Waals surface area contributed by atoms with E-state index in [9.17, 15) is 14.4 Å². The number of hydrogen-bond acceptors (Lipinski definition) is 6. The molecule has 0 aliphatic carbocycles. The molecule has 0 aromatic carbocycles. The lowest BCUT2D eigenvalue weighted by molar-refractivity contribution is -0.121. The number of H-pyrrole nitrogens is 1. The molecule has 0 saturated heterocycles. The van der Waals surface area contributed by atoms with E-state index in [2.05, 4.69) is 10.3 Å². The maximum absolute atomic E-state index is 11.8. The summed E-state index contributed by atoms with van der Waals surface area (Å²) in [5, 5.41) is 2.65. The first-order chi connectivity index (χ1) is 9.20. The molecule has 1 heterocycles. The van der Waals surface area contributed by atoms with E-state index in [1.54, 1.807) is 0 Å². The van der Waals surface area contributed by atoms with Crippen molar-refractivity contribution in [2.24, 2.45) is 5.73 Å². The minimum Gasteiger partial charge on any atom is -0.383 e. The van der Waals surface area contributed by atoms with Crippen LogP contribution in [0.25, 0.3) is 0 Å². The number of ether oxygens (including phenoxy) is 1. The van der Waals surface area contributed by atoms with Crippen LogP contribution in [0.1, 0.15) is 13.8 Å². The van der Waals surface area contributed by atoms with Crippen LogP contribution in [0.15, 0.2) is 9.59 Å². The Balaban J connectivity index is 3.30. The number of carbonyl (C=O) groups excluding carboxylic acids is 1. The maximum Gasteiger partial charge on any atom is 0.330 e. The van der Waals surface area contributed by atoms with Crippen molar-refractivity contribution in [3.63, 3.8) is 0 Å².